The van der Waals surface area contributed by atoms with Gasteiger partial charge in [-0.15, -0.1) is 0 Å². The van der Waals surface area contributed by atoms with Crippen LogP contribution in [0.3, 0.4) is 0 Å². The van der Waals surface area contributed by atoms with Gasteiger partial charge in [-0.2, -0.15) is 13.2 Å². The number of benzene rings is 2. The topological polar surface area (TPSA) is 57.7 Å². The van der Waals surface area contributed by atoms with Crippen molar-refractivity contribution in [2.75, 3.05) is 36.4 Å². The van der Waals surface area contributed by atoms with Crippen LogP contribution in [0.4, 0.5) is 33.9 Å². The summed E-state index contributed by atoms with van der Waals surface area (Å²) in [6.07, 6.45) is -3.61. The number of carbonyl (C=O) groups is 1. The Bertz CT molecular complexity index is 1110. The Kier molecular flexibility index (Phi) is 6.85. The van der Waals surface area contributed by atoms with E-state index in [-0.39, 0.29) is 18.5 Å². The number of nitrogens with one attached hydrogen (secondary N) is 1. The number of alkyl halides is 3. The van der Waals surface area contributed by atoms with E-state index >= 15 is 0 Å². The van der Waals surface area contributed by atoms with Crippen molar-refractivity contribution in [1.82, 2.24) is 9.88 Å². The summed E-state index contributed by atoms with van der Waals surface area (Å²) < 4.78 is 56.9. The van der Waals surface area contributed by atoms with Crippen molar-refractivity contribution in [3.8, 4) is 5.75 Å². The maximum Gasteiger partial charge on any atom is 0.417 e. The van der Waals surface area contributed by atoms with E-state index < -0.39 is 11.7 Å². The van der Waals surface area contributed by atoms with Gasteiger partial charge in [0.2, 0.25) is 0 Å². The minimum Gasteiger partial charge on any atom is -0.489 e. The Morgan fingerprint density at radius 1 is 1.00 bits per heavy atom. The molecule has 1 N–H and O–H groups in total. The van der Waals surface area contributed by atoms with Crippen LogP contribution < -0.4 is 15.0 Å². The molecule has 0 radical (unpaired) electrons. The Hall–Kier alpha value is -3.82. The first-order chi connectivity index (χ1) is 16.3. The molecular weight excluding hydrogens is 452 g/mol. The molecule has 2 aromatic carbocycles. The largest absolute Gasteiger partial charge is 0.489 e. The van der Waals surface area contributed by atoms with Crippen molar-refractivity contribution in [1.29, 1.82) is 0 Å². The second-order valence-corrected chi connectivity index (χ2v) is 7.75. The first kappa shape index (κ1) is 23.3. The molecule has 1 aromatic heterocycles. The third kappa shape index (κ3) is 5.94. The average Bonchev–Trinajstić information content (AvgIpc) is 2.83. The fourth-order valence-electron chi connectivity index (χ4n) is 3.49. The number of hydrogen-bond donors (Lipinski definition) is 1. The molecule has 0 atom stereocenters. The van der Waals surface area contributed by atoms with Crippen LogP contribution in [0.15, 0.2) is 66.9 Å². The van der Waals surface area contributed by atoms with Crippen LogP contribution in [-0.2, 0) is 12.8 Å². The molecule has 1 saturated heterocycles. The molecule has 0 unspecified atom stereocenters. The first-order valence-corrected chi connectivity index (χ1v) is 10.6. The zero-order valence-electron chi connectivity index (χ0n) is 18.1. The number of nitrogens with zero attached hydrogens (tertiary/aromatic N) is 3. The molecule has 1 aliphatic rings. The molecule has 0 spiro atoms. The number of urea groups is 1. The Labute approximate surface area is 193 Å². The molecule has 34 heavy (non-hydrogen) atoms. The summed E-state index contributed by atoms with van der Waals surface area (Å²) in [6.45, 7) is 1.96. The molecular formula is C24H22F4N4O2. The van der Waals surface area contributed by atoms with Gasteiger partial charge in [0, 0.05) is 44.1 Å². The number of rotatable bonds is 5. The molecule has 0 bridgehead atoms. The standard InChI is InChI=1S/C24H22F4N4O2/c25-19-7-4-17(5-8-19)16-34-21-3-1-2-20(14-21)30-23(33)32-12-10-31(11-13-32)22-9-6-18(15-29-22)24(26,27)28/h1-9,14-15H,10-13,16H2,(H,30,33). The van der Waals surface area contributed by atoms with Gasteiger partial charge in [-0.1, -0.05) is 18.2 Å². The predicted octanol–water partition coefficient (Wildman–Crippen LogP) is 5.17. The highest BCUT2D eigenvalue weighted by Gasteiger charge is 2.31. The zero-order chi connectivity index (χ0) is 24.1. The molecule has 4 rings (SSSR count). The Balaban J connectivity index is 1.28. The van der Waals surface area contributed by atoms with Gasteiger partial charge in [0.15, 0.2) is 0 Å². The van der Waals surface area contributed by atoms with Gasteiger partial charge in [0.1, 0.15) is 24.0 Å². The van der Waals surface area contributed by atoms with E-state index in [1.54, 1.807) is 41.3 Å². The number of aromatic nitrogens is 1. The van der Waals surface area contributed by atoms with Crippen LogP contribution in [0.25, 0.3) is 0 Å². The average molecular weight is 474 g/mol. The maximum absolute atomic E-state index is 13.0. The van der Waals surface area contributed by atoms with E-state index in [2.05, 4.69) is 10.3 Å². The third-order valence-electron chi connectivity index (χ3n) is 5.37. The monoisotopic (exact) mass is 474 g/mol. The normalized spacial score (nSPS) is 14.1. The number of amides is 2. The summed E-state index contributed by atoms with van der Waals surface area (Å²) >= 11 is 0. The zero-order valence-corrected chi connectivity index (χ0v) is 18.1. The van der Waals surface area contributed by atoms with Crippen LogP contribution in [0, 0.1) is 5.82 Å². The highest BCUT2D eigenvalue weighted by Crippen LogP contribution is 2.29. The fourth-order valence-corrected chi connectivity index (χ4v) is 3.49. The summed E-state index contributed by atoms with van der Waals surface area (Å²) in [5, 5.41) is 2.83. The van der Waals surface area contributed by atoms with Gasteiger partial charge in [0.05, 0.1) is 5.56 Å². The van der Waals surface area contributed by atoms with Crippen molar-refractivity contribution in [3.05, 3.63) is 83.8 Å². The molecule has 6 nitrogen and oxygen atoms in total. The Morgan fingerprint density at radius 3 is 2.38 bits per heavy atom. The van der Waals surface area contributed by atoms with Gasteiger partial charge in [-0.05, 0) is 42.0 Å². The summed E-state index contributed by atoms with van der Waals surface area (Å²) in [6, 6.07) is 15.0. The summed E-state index contributed by atoms with van der Waals surface area (Å²) in [7, 11) is 0. The lowest BCUT2D eigenvalue weighted by molar-refractivity contribution is -0.137. The lowest BCUT2D eigenvalue weighted by atomic mass is 10.2. The molecule has 1 fully saturated rings. The first-order valence-electron chi connectivity index (χ1n) is 10.6. The predicted molar refractivity (Wildman–Crippen MR) is 119 cm³/mol. The number of piperazine rings is 1. The molecule has 178 valence electrons. The summed E-state index contributed by atoms with van der Waals surface area (Å²) in [5.41, 5.74) is 0.586. The second kappa shape index (κ2) is 9.98. The van der Waals surface area contributed by atoms with Gasteiger partial charge in [-0.3, -0.25) is 0 Å². The quantitative estimate of drug-likeness (QED) is 0.519. The van der Waals surface area contributed by atoms with Crippen molar-refractivity contribution < 1.29 is 27.1 Å². The lowest BCUT2D eigenvalue weighted by Crippen LogP contribution is -2.50. The molecule has 10 heteroatoms. The van der Waals surface area contributed by atoms with Crippen molar-refractivity contribution in [2.24, 2.45) is 0 Å². The van der Waals surface area contributed by atoms with E-state index in [0.717, 1.165) is 17.8 Å². The molecule has 0 saturated carbocycles. The number of pyridine rings is 1. The number of ether oxygens (including phenoxy) is 1. The van der Waals surface area contributed by atoms with Crippen LogP contribution in [0.1, 0.15) is 11.1 Å². The van der Waals surface area contributed by atoms with Crippen molar-refractivity contribution in [3.63, 3.8) is 0 Å². The van der Waals surface area contributed by atoms with E-state index in [9.17, 15) is 22.4 Å². The van der Waals surface area contributed by atoms with E-state index in [1.165, 1.54) is 18.2 Å². The smallest absolute Gasteiger partial charge is 0.417 e. The fraction of sp³-hybridized carbons (Fsp3) is 0.250. The minimum atomic E-state index is -4.42. The van der Waals surface area contributed by atoms with E-state index in [4.69, 9.17) is 4.74 Å². The minimum absolute atomic E-state index is 0.262. The van der Waals surface area contributed by atoms with Crippen molar-refractivity contribution in [2.45, 2.75) is 12.8 Å². The SMILES string of the molecule is O=C(Nc1cccc(OCc2ccc(F)cc2)c1)N1CCN(c2ccc(C(F)(F)F)cn2)CC1. The third-order valence-corrected chi connectivity index (χ3v) is 5.37. The molecule has 3 aromatic rings. The highest BCUT2D eigenvalue weighted by molar-refractivity contribution is 5.89. The van der Waals surface area contributed by atoms with Crippen LogP contribution in [-0.4, -0.2) is 42.1 Å². The summed E-state index contributed by atoms with van der Waals surface area (Å²) in [4.78, 5) is 20.1. The molecule has 0 aliphatic carbocycles. The van der Waals surface area contributed by atoms with Gasteiger partial charge < -0.3 is 19.9 Å². The number of anilines is 2. The molecule has 2 heterocycles. The summed E-state index contributed by atoms with van der Waals surface area (Å²) in [5.74, 6) is 0.685. The molecule has 1 aliphatic heterocycles. The number of hydrogen-bond acceptors (Lipinski definition) is 4. The lowest BCUT2D eigenvalue weighted by Gasteiger charge is -2.35. The number of carbonyl (C=O) groups excluding carboxylic acids is 1. The van der Waals surface area contributed by atoms with Crippen LogP contribution in [0.2, 0.25) is 0 Å². The van der Waals surface area contributed by atoms with E-state index in [0.29, 0.717) is 43.4 Å². The van der Waals surface area contributed by atoms with Gasteiger partial charge in [0.25, 0.3) is 0 Å². The van der Waals surface area contributed by atoms with Gasteiger partial charge >= 0.3 is 12.2 Å². The maximum atomic E-state index is 13.0. The Morgan fingerprint density at radius 2 is 1.74 bits per heavy atom. The van der Waals surface area contributed by atoms with Crippen molar-refractivity contribution >= 4 is 17.5 Å². The number of halogens is 4. The van der Waals surface area contributed by atoms with E-state index in [1.807, 2.05) is 4.90 Å². The highest BCUT2D eigenvalue weighted by atomic mass is 19.4. The molecule has 2 amide bonds. The van der Waals surface area contributed by atoms with Crippen LogP contribution >= 0.6 is 0 Å². The van der Waals surface area contributed by atoms with Crippen LogP contribution in [0.5, 0.6) is 5.75 Å². The van der Waals surface area contributed by atoms with Gasteiger partial charge in [-0.25, -0.2) is 14.2 Å². The second-order valence-electron chi connectivity index (χ2n) is 7.75.